The summed E-state index contributed by atoms with van der Waals surface area (Å²) in [7, 11) is 0. The standard InChI is InChI=1S/C8H17N.C7H12N2/c1-8(2,3)9-6-4-5-7-9;1-7(2,3)9-6-4-5-8-9/h4-7H2,1-3H3;4-6H,1-3H3. The summed E-state index contributed by atoms with van der Waals surface area (Å²) in [5, 5.41) is 4.10. The molecular formula is C15H29N3. The third-order valence-corrected chi connectivity index (χ3v) is 3.25. The molecule has 18 heavy (non-hydrogen) atoms. The van der Waals surface area contributed by atoms with E-state index in [9.17, 15) is 0 Å². The first-order chi connectivity index (χ1) is 8.21. The van der Waals surface area contributed by atoms with Crippen LogP contribution in [0.2, 0.25) is 0 Å². The van der Waals surface area contributed by atoms with Crippen LogP contribution in [0.15, 0.2) is 18.5 Å². The molecule has 0 aliphatic carbocycles. The Labute approximate surface area is 112 Å². The Morgan fingerprint density at radius 3 is 1.67 bits per heavy atom. The van der Waals surface area contributed by atoms with E-state index >= 15 is 0 Å². The lowest BCUT2D eigenvalue weighted by molar-refractivity contribution is 0.175. The SMILES string of the molecule is CC(C)(C)N1CCCC1.CC(C)(C)n1cccn1. The Morgan fingerprint density at radius 2 is 1.44 bits per heavy atom. The molecule has 2 rings (SSSR count). The molecule has 3 nitrogen and oxygen atoms in total. The van der Waals surface area contributed by atoms with E-state index in [1.807, 2.05) is 16.9 Å². The number of aromatic nitrogens is 2. The van der Waals surface area contributed by atoms with Gasteiger partial charge in [0, 0.05) is 17.9 Å². The maximum Gasteiger partial charge on any atom is 0.0543 e. The van der Waals surface area contributed by atoms with Crippen molar-refractivity contribution in [1.29, 1.82) is 0 Å². The summed E-state index contributed by atoms with van der Waals surface area (Å²) in [6.07, 6.45) is 6.57. The molecule has 1 fully saturated rings. The molecule has 1 aromatic rings. The Kier molecular flexibility index (Phi) is 4.97. The Bertz CT molecular complexity index is 322. The number of likely N-dealkylation sites (tertiary alicyclic amines) is 1. The third-order valence-electron chi connectivity index (χ3n) is 3.25. The summed E-state index contributed by atoms with van der Waals surface area (Å²) < 4.78 is 1.94. The highest BCUT2D eigenvalue weighted by Gasteiger charge is 2.23. The molecule has 0 spiro atoms. The van der Waals surface area contributed by atoms with Crippen LogP contribution in [-0.4, -0.2) is 33.3 Å². The maximum absolute atomic E-state index is 4.10. The molecular weight excluding hydrogens is 222 g/mol. The molecule has 0 aromatic carbocycles. The molecule has 0 N–H and O–H groups in total. The van der Waals surface area contributed by atoms with Gasteiger partial charge in [-0.05, 0) is 73.5 Å². The molecule has 0 unspecified atom stereocenters. The van der Waals surface area contributed by atoms with Crippen LogP contribution < -0.4 is 0 Å². The van der Waals surface area contributed by atoms with Crippen LogP contribution in [0, 0.1) is 0 Å². The smallest absolute Gasteiger partial charge is 0.0543 e. The number of rotatable bonds is 0. The van der Waals surface area contributed by atoms with Crippen LogP contribution in [0.4, 0.5) is 0 Å². The van der Waals surface area contributed by atoms with Crippen LogP contribution in [0.5, 0.6) is 0 Å². The minimum atomic E-state index is 0.128. The van der Waals surface area contributed by atoms with Crippen LogP contribution in [0.1, 0.15) is 54.4 Å². The highest BCUT2D eigenvalue weighted by molar-refractivity contribution is 4.83. The summed E-state index contributed by atoms with van der Waals surface area (Å²) in [6, 6.07) is 1.94. The molecule has 0 radical (unpaired) electrons. The second-order valence-corrected chi connectivity index (χ2v) is 6.99. The first kappa shape index (κ1) is 15.2. The zero-order chi connectivity index (χ0) is 13.8. The van der Waals surface area contributed by atoms with Crippen molar-refractivity contribution in [2.45, 2.75) is 65.5 Å². The summed E-state index contributed by atoms with van der Waals surface area (Å²) in [5.41, 5.74) is 0.542. The number of hydrogen-bond acceptors (Lipinski definition) is 2. The molecule has 1 aromatic heterocycles. The highest BCUT2D eigenvalue weighted by atomic mass is 15.3. The zero-order valence-corrected chi connectivity index (χ0v) is 12.9. The van der Waals surface area contributed by atoms with E-state index in [1.54, 1.807) is 6.20 Å². The lowest BCUT2D eigenvalue weighted by Crippen LogP contribution is -2.38. The molecule has 0 amide bonds. The minimum absolute atomic E-state index is 0.128. The van der Waals surface area contributed by atoms with E-state index < -0.39 is 0 Å². The van der Waals surface area contributed by atoms with Gasteiger partial charge in [0.15, 0.2) is 0 Å². The van der Waals surface area contributed by atoms with Crippen LogP contribution in [0.25, 0.3) is 0 Å². The fourth-order valence-electron chi connectivity index (χ4n) is 2.05. The third kappa shape index (κ3) is 4.81. The Morgan fingerprint density at radius 1 is 0.889 bits per heavy atom. The average molecular weight is 251 g/mol. The van der Waals surface area contributed by atoms with Crippen molar-refractivity contribution in [3.63, 3.8) is 0 Å². The average Bonchev–Trinajstić information content (AvgIpc) is 2.91. The van der Waals surface area contributed by atoms with Crippen LogP contribution in [0.3, 0.4) is 0 Å². The van der Waals surface area contributed by atoms with Crippen LogP contribution >= 0.6 is 0 Å². The largest absolute Gasteiger partial charge is 0.298 e. The van der Waals surface area contributed by atoms with Crippen molar-refractivity contribution in [2.75, 3.05) is 13.1 Å². The first-order valence-electron chi connectivity index (χ1n) is 6.96. The molecule has 104 valence electrons. The van der Waals surface area contributed by atoms with E-state index in [4.69, 9.17) is 0 Å². The number of nitrogens with zero attached hydrogens (tertiary/aromatic N) is 3. The van der Waals surface area contributed by atoms with Gasteiger partial charge in [0.05, 0.1) is 5.54 Å². The minimum Gasteiger partial charge on any atom is -0.298 e. The predicted octanol–water partition coefficient (Wildman–Crippen LogP) is 3.52. The van der Waals surface area contributed by atoms with Crippen molar-refractivity contribution in [3.05, 3.63) is 18.5 Å². The molecule has 0 atom stereocenters. The topological polar surface area (TPSA) is 21.1 Å². The van der Waals surface area contributed by atoms with Crippen molar-refractivity contribution in [2.24, 2.45) is 0 Å². The normalized spacial score (nSPS) is 17.4. The predicted molar refractivity (Wildman–Crippen MR) is 77.8 cm³/mol. The van der Waals surface area contributed by atoms with Crippen LogP contribution in [-0.2, 0) is 5.54 Å². The maximum atomic E-state index is 4.10. The van der Waals surface area contributed by atoms with Crippen molar-refractivity contribution in [3.8, 4) is 0 Å². The van der Waals surface area contributed by atoms with Gasteiger partial charge in [-0.25, -0.2) is 0 Å². The zero-order valence-electron chi connectivity index (χ0n) is 12.9. The van der Waals surface area contributed by atoms with Gasteiger partial charge in [-0.1, -0.05) is 0 Å². The molecule has 2 heterocycles. The van der Waals surface area contributed by atoms with Gasteiger partial charge in [0.2, 0.25) is 0 Å². The molecule has 0 bridgehead atoms. The van der Waals surface area contributed by atoms with E-state index in [1.165, 1.54) is 25.9 Å². The summed E-state index contributed by atoms with van der Waals surface area (Å²) in [4.78, 5) is 2.55. The lowest BCUT2D eigenvalue weighted by Gasteiger charge is -2.31. The van der Waals surface area contributed by atoms with E-state index in [-0.39, 0.29) is 5.54 Å². The highest BCUT2D eigenvalue weighted by Crippen LogP contribution is 2.19. The second-order valence-electron chi connectivity index (χ2n) is 6.99. The monoisotopic (exact) mass is 251 g/mol. The fourth-order valence-corrected chi connectivity index (χ4v) is 2.05. The molecule has 1 saturated heterocycles. The van der Waals surface area contributed by atoms with Crippen molar-refractivity contribution >= 4 is 0 Å². The van der Waals surface area contributed by atoms with E-state index in [2.05, 4.69) is 51.5 Å². The van der Waals surface area contributed by atoms with Gasteiger partial charge >= 0.3 is 0 Å². The van der Waals surface area contributed by atoms with Gasteiger partial charge in [0.25, 0.3) is 0 Å². The van der Waals surface area contributed by atoms with Gasteiger partial charge in [0.1, 0.15) is 0 Å². The van der Waals surface area contributed by atoms with Gasteiger partial charge < -0.3 is 0 Å². The summed E-state index contributed by atoms with van der Waals surface area (Å²) in [6.45, 7) is 15.9. The second kappa shape index (κ2) is 5.87. The van der Waals surface area contributed by atoms with Crippen molar-refractivity contribution < 1.29 is 0 Å². The van der Waals surface area contributed by atoms with E-state index in [0.717, 1.165) is 0 Å². The Balaban J connectivity index is 0.000000180. The number of hydrogen-bond donors (Lipinski definition) is 0. The van der Waals surface area contributed by atoms with Gasteiger partial charge in [-0.2, -0.15) is 5.10 Å². The molecule has 1 aliphatic heterocycles. The first-order valence-corrected chi connectivity index (χ1v) is 6.96. The molecule has 3 heteroatoms. The van der Waals surface area contributed by atoms with Gasteiger partial charge in [-0.15, -0.1) is 0 Å². The Hall–Kier alpha value is -0.830. The van der Waals surface area contributed by atoms with Gasteiger partial charge in [-0.3, -0.25) is 9.58 Å². The summed E-state index contributed by atoms with van der Waals surface area (Å²) >= 11 is 0. The lowest BCUT2D eigenvalue weighted by atomic mass is 10.1. The molecule has 1 aliphatic rings. The quantitative estimate of drug-likeness (QED) is 0.703. The molecule has 0 saturated carbocycles. The fraction of sp³-hybridized carbons (Fsp3) is 0.800. The van der Waals surface area contributed by atoms with Crippen molar-refractivity contribution in [1.82, 2.24) is 14.7 Å². The summed E-state index contributed by atoms with van der Waals surface area (Å²) in [5.74, 6) is 0. The van der Waals surface area contributed by atoms with E-state index in [0.29, 0.717) is 5.54 Å².